The van der Waals surface area contributed by atoms with Gasteiger partial charge in [-0.25, -0.2) is 0 Å². The van der Waals surface area contributed by atoms with E-state index in [9.17, 15) is 0 Å². The first kappa shape index (κ1) is 15.2. The van der Waals surface area contributed by atoms with Crippen LogP contribution in [0.4, 0.5) is 0 Å². The summed E-state index contributed by atoms with van der Waals surface area (Å²) in [5.41, 5.74) is 9.08. The van der Waals surface area contributed by atoms with Crippen LogP contribution in [0.1, 0.15) is 41.4 Å². The molecule has 1 aromatic carbocycles. The highest BCUT2D eigenvalue weighted by molar-refractivity contribution is 9.10. The lowest BCUT2D eigenvalue weighted by Gasteiger charge is -2.34. The molecular weight excluding hydrogens is 344 g/mol. The summed E-state index contributed by atoms with van der Waals surface area (Å²) in [5, 5.41) is 2.22. The average molecular weight is 365 g/mol. The second-order valence-electron chi connectivity index (χ2n) is 5.71. The Bertz CT molecular complexity index is 610. The van der Waals surface area contributed by atoms with Crippen molar-refractivity contribution in [1.82, 2.24) is 4.90 Å². The molecule has 21 heavy (non-hydrogen) atoms. The first-order valence-corrected chi connectivity index (χ1v) is 9.14. The Labute approximate surface area is 139 Å². The molecule has 0 bridgehead atoms. The molecule has 2 heterocycles. The van der Waals surface area contributed by atoms with E-state index in [2.05, 4.69) is 57.4 Å². The molecule has 0 aliphatic carbocycles. The maximum Gasteiger partial charge on any atom is 0.0331 e. The van der Waals surface area contributed by atoms with Gasteiger partial charge in [0.15, 0.2) is 0 Å². The zero-order valence-electron chi connectivity index (χ0n) is 12.3. The summed E-state index contributed by atoms with van der Waals surface area (Å²) in [7, 11) is 0. The molecule has 0 spiro atoms. The molecule has 3 rings (SSSR count). The normalized spacial score (nSPS) is 20.2. The Balaban J connectivity index is 1.61. The van der Waals surface area contributed by atoms with Crippen LogP contribution in [0.2, 0.25) is 0 Å². The topological polar surface area (TPSA) is 29.3 Å². The smallest absolute Gasteiger partial charge is 0.0331 e. The summed E-state index contributed by atoms with van der Waals surface area (Å²) >= 11 is 5.41. The lowest BCUT2D eigenvalue weighted by atomic mass is 9.99. The van der Waals surface area contributed by atoms with Crippen molar-refractivity contribution in [2.75, 3.05) is 13.1 Å². The quantitative estimate of drug-likeness (QED) is 0.863. The van der Waals surface area contributed by atoms with Crippen LogP contribution in [0.15, 0.2) is 40.2 Å². The van der Waals surface area contributed by atoms with Crippen molar-refractivity contribution in [2.45, 2.75) is 31.8 Å². The fraction of sp³-hybridized carbons (Fsp3) is 0.412. The number of hydrogen-bond acceptors (Lipinski definition) is 3. The highest BCUT2D eigenvalue weighted by atomic mass is 79.9. The number of fused-ring (bicyclic) bond motifs is 1. The van der Waals surface area contributed by atoms with Crippen molar-refractivity contribution in [2.24, 2.45) is 5.73 Å². The molecule has 2 N–H and O–H groups in total. The van der Waals surface area contributed by atoms with Gasteiger partial charge in [0.25, 0.3) is 0 Å². The lowest BCUT2D eigenvalue weighted by Crippen LogP contribution is -2.35. The van der Waals surface area contributed by atoms with E-state index in [1.807, 2.05) is 17.4 Å². The largest absolute Gasteiger partial charge is 0.324 e. The van der Waals surface area contributed by atoms with Crippen LogP contribution in [0.25, 0.3) is 0 Å². The predicted molar refractivity (Wildman–Crippen MR) is 93.7 cm³/mol. The number of halogens is 1. The van der Waals surface area contributed by atoms with E-state index in [1.165, 1.54) is 17.5 Å². The molecule has 2 unspecified atom stereocenters. The van der Waals surface area contributed by atoms with E-state index in [0.717, 1.165) is 24.0 Å². The van der Waals surface area contributed by atoms with E-state index in [-0.39, 0.29) is 6.04 Å². The molecular formula is C17H21BrN2S. The Kier molecular flexibility index (Phi) is 4.79. The zero-order chi connectivity index (χ0) is 14.8. The Morgan fingerprint density at radius 1 is 1.43 bits per heavy atom. The van der Waals surface area contributed by atoms with Gasteiger partial charge in [-0.05, 0) is 54.5 Å². The lowest BCUT2D eigenvalue weighted by molar-refractivity contribution is 0.193. The van der Waals surface area contributed by atoms with Gasteiger partial charge in [0.05, 0.1) is 0 Å². The molecule has 0 saturated carbocycles. The molecule has 0 amide bonds. The maximum atomic E-state index is 6.36. The minimum atomic E-state index is 0.110. The SMILES string of the molecule is CC1c2ccsc2CCN1CCC(N)c1cccc(Br)c1. The first-order chi connectivity index (χ1) is 10.1. The third-order valence-corrected chi connectivity index (χ3v) is 5.90. The Morgan fingerprint density at radius 2 is 2.29 bits per heavy atom. The van der Waals surface area contributed by atoms with Crippen molar-refractivity contribution in [3.05, 3.63) is 56.2 Å². The van der Waals surface area contributed by atoms with Crippen molar-refractivity contribution in [3.63, 3.8) is 0 Å². The third kappa shape index (κ3) is 3.39. The average Bonchev–Trinajstić information content (AvgIpc) is 2.95. The van der Waals surface area contributed by atoms with Crippen LogP contribution in [-0.4, -0.2) is 18.0 Å². The standard InChI is InChI=1S/C17H21BrN2S/c1-12-15-7-10-21-17(15)6-9-20(12)8-5-16(19)13-3-2-4-14(18)11-13/h2-4,7,10-12,16H,5-6,8-9,19H2,1H3. The predicted octanol–water partition coefficient (Wildman–Crippen LogP) is 4.52. The highest BCUT2D eigenvalue weighted by Gasteiger charge is 2.24. The summed E-state index contributed by atoms with van der Waals surface area (Å²) in [6.07, 6.45) is 2.18. The van der Waals surface area contributed by atoms with E-state index in [1.54, 1.807) is 4.88 Å². The van der Waals surface area contributed by atoms with E-state index < -0.39 is 0 Å². The molecule has 1 aliphatic rings. The van der Waals surface area contributed by atoms with E-state index in [4.69, 9.17) is 5.73 Å². The van der Waals surface area contributed by atoms with Gasteiger partial charge in [-0.15, -0.1) is 11.3 Å². The zero-order valence-corrected chi connectivity index (χ0v) is 14.7. The molecule has 112 valence electrons. The Hall–Kier alpha value is -0.680. The summed E-state index contributed by atoms with van der Waals surface area (Å²) in [5.74, 6) is 0. The van der Waals surface area contributed by atoms with Gasteiger partial charge in [0.1, 0.15) is 0 Å². The van der Waals surface area contributed by atoms with E-state index >= 15 is 0 Å². The molecule has 1 aromatic heterocycles. The first-order valence-electron chi connectivity index (χ1n) is 7.46. The fourth-order valence-electron chi connectivity index (χ4n) is 3.08. The summed E-state index contributed by atoms with van der Waals surface area (Å²) < 4.78 is 1.10. The minimum absolute atomic E-state index is 0.110. The fourth-order valence-corrected chi connectivity index (χ4v) is 4.46. The molecule has 2 atom stereocenters. The maximum absolute atomic E-state index is 6.36. The van der Waals surface area contributed by atoms with Crippen molar-refractivity contribution in [3.8, 4) is 0 Å². The molecule has 0 saturated heterocycles. The van der Waals surface area contributed by atoms with Crippen LogP contribution < -0.4 is 5.73 Å². The molecule has 2 nitrogen and oxygen atoms in total. The van der Waals surface area contributed by atoms with Gasteiger partial charge in [0, 0.05) is 34.5 Å². The number of rotatable bonds is 4. The number of thiophene rings is 1. The highest BCUT2D eigenvalue weighted by Crippen LogP contribution is 2.33. The molecule has 0 fully saturated rings. The van der Waals surface area contributed by atoms with Crippen molar-refractivity contribution in [1.29, 1.82) is 0 Å². The van der Waals surface area contributed by atoms with Crippen LogP contribution in [0.5, 0.6) is 0 Å². The van der Waals surface area contributed by atoms with Crippen LogP contribution in [-0.2, 0) is 6.42 Å². The molecule has 4 heteroatoms. The van der Waals surface area contributed by atoms with Gasteiger partial charge in [0.2, 0.25) is 0 Å². The van der Waals surface area contributed by atoms with Gasteiger partial charge in [-0.3, -0.25) is 4.90 Å². The minimum Gasteiger partial charge on any atom is -0.324 e. The number of nitrogens with two attached hydrogens (primary N) is 1. The molecule has 1 aliphatic heterocycles. The molecule has 0 radical (unpaired) electrons. The summed E-state index contributed by atoms with van der Waals surface area (Å²) in [4.78, 5) is 4.13. The van der Waals surface area contributed by atoms with Gasteiger partial charge < -0.3 is 5.73 Å². The number of benzene rings is 1. The van der Waals surface area contributed by atoms with Crippen LogP contribution in [0.3, 0.4) is 0 Å². The Morgan fingerprint density at radius 3 is 3.10 bits per heavy atom. The van der Waals surface area contributed by atoms with Crippen LogP contribution >= 0.6 is 27.3 Å². The van der Waals surface area contributed by atoms with Crippen molar-refractivity contribution >= 4 is 27.3 Å². The second-order valence-corrected chi connectivity index (χ2v) is 7.63. The van der Waals surface area contributed by atoms with Gasteiger partial charge >= 0.3 is 0 Å². The van der Waals surface area contributed by atoms with Crippen LogP contribution in [0, 0.1) is 0 Å². The summed E-state index contributed by atoms with van der Waals surface area (Å²) in [6.45, 7) is 4.53. The third-order valence-electron chi connectivity index (χ3n) is 4.41. The van der Waals surface area contributed by atoms with Gasteiger partial charge in [-0.2, -0.15) is 0 Å². The van der Waals surface area contributed by atoms with Crippen molar-refractivity contribution < 1.29 is 0 Å². The van der Waals surface area contributed by atoms with Gasteiger partial charge in [-0.1, -0.05) is 28.1 Å². The summed E-state index contributed by atoms with van der Waals surface area (Å²) in [6, 6.07) is 11.3. The molecule has 2 aromatic rings. The van der Waals surface area contributed by atoms with E-state index in [0.29, 0.717) is 6.04 Å². The number of hydrogen-bond donors (Lipinski definition) is 1. The monoisotopic (exact) mass is 364 g/mol. The second kappa shape index (κ2) is 6.61. The number of nitrogens with zero attached hydrogens (tertiary/aromatic N) is 1.